The van der Waals surface area contributed by atoms with E-state index in [0.29, 0.717) is 0 Å². The zero-order valence-electron chi connectivity index (χ0n) is 9.50. The lowest BCUT2D eigenvalue weighted by molar-refractivity contribution is 0.586. The smallest absolute Gasteiger partial charge is 0.180 e. The fraction of sp³-hybridized carbons (Fsp3) is 0. The van der Waals surface area contributed by atoms with Crippen LogP contribution in [0, 0.1) is 0 Å². The Morgan fingerprint density at radius 2 is 1.05 bits per heavy atom. The van der Waals surface area contributed by atoms with Crippen LogP contribution in [0.25, 0.3) is 10.8 Å². The van der Waals surface area contributed by atoms with Gasteiger partial charge in [0.05, 0.1) is 11.4 Å². The van der Waals surface area contributed by atoms with Gasteiger partial charge < -0.3 is 0 Å². The molecule has 0 atom stereocenters. The summed E-state index contributed by atoms with van der Waals surface area (Å²) in [4.78, 5) is 0. The Kier molecular flexibility index (Phi) is 3.69. The Morgan fingerprint density at radius 3 is 1.35 bits per heavy atom. The fourth-order valence-electron chi connectivity index (χ4n) is 1.66. The van der Waals surface area contributed by atoms with Gasteiger partial charge in [0.2, 0.25) is 0 Å². The molecule has 0 aliphatic rings. The molecular formula is C10H6F4N2O2S2. The zero-order chi connectivity index (χ0) is 15.0. The Balaban J connectivity index is 2.84. The molecule has 0 radical (unpaired) electrons. The third kappa shape index (κ3) is 3.67. The van der Waals surface area contributed by atoms with Gasteiger partial charge in [-0.25, -0.2) is 0 Å². The predicted octanol–water partition coefficient (Wildman–Crippen LogP) is 4.58. The van der Waals surface area contributed by atoms with E-state index in [9.17, 15) is 24.0 Å². The van der Waals surface area contributed by atoms with E-state index < -0.39 is 21.0 Å². The van der Waals surface area contributed by atoms with Gasteiger partial charge in [0.15, 0.2) is 0 Å². The number of fused-ring (bicyclic) bond motifs is 1. The maximum atomic E-state index is 12.5. The Bertz CT molecular complexity index is 821. The normalized spacial score (nSPS) is 12.4. The van der Waals surface area contributed by atoms with Crippen molar-refractivity contribution in [1.82, 2.24) is 0 Å². The largest absolute Gasteiger partial charge is 0.371 e. The molecule has 4 nitrogen and oxygen atoms in total. The summed E-state index contributed by atoms with van der Waals surface area (Å²) in [5, 5.41) is 0.112. The van der Waals surface area contributed by atoms with Crippen LogP contribution in [0.15, 0.2) is 45.1 Å². The molecule has 0 spiro atoms. The minimum Gasteiger partial charge on any atom is -0.180 e. The summed E-state index contributed by atoms with van der Waals surface area (Å²) in [7, 11) is -10.8. The molecule has 0 fully saturated rings. The molecule has 10 heteroatoms. The lowest BCUT2D eigenvalue weighted by Crippen LogP contribution is -1.81. The van der Waals surface area contributed by atoms with Gasteiger partial charge in [0.25, 0.3) is 0 Å². The van der Waals surface area contributed by atoms with E-state index in [1.165, 1.54) is 24.3 Å². The molecule has 0 aliphatic carbocycles. The summed E-state index contributed by atoms with van der Waals surface area (Å²) in [6.45, 7) is 0. The highest BCUT2D eigenvalue weighted by atomic mass is 32.3. The van der Waals surface area contributed by atoms with Gasteiger partial charge in [-0.2, -0.15) is 8.42 Å². The van der Waals surface area contributed by atoms with Crippen LogP contribution in [-0.4, -0.2) is 8.42 Å². The second-order valence-electron chi connectivity index (χ2n) is 3.63. The summed E-state index contributed by atoms with van der Waals surface area (Å²) in [6.07, 6.45) is 0. The molecule has 0 saturated heterocycles. The molecule has 2 rings (SSSR count). The standard InChI is InChI=1S/C10H6F4N2O2S2/c11-19(12,17)15-9-5-1-3-7-8(9)4-2-6-10(7)16-20(13,14)18/h1-6H. The lowest BCUT2D eigenvalue weighted by atomic mass is 10.1. The van der Waals surface area contributed by atoms with Gasteiger partial charge >= 0.3 is 21.0 Å². The van der Waals surface area contributed by atoms with Crippen LogP contribution in [0.1, 0.15) is 0 Å². The highest BCUT2D eigenvalue weighted by Crippen LogP contribution is 2.34. The molecule has 0 aromatic heterocycles. The van der Waals surface area contributed by atoms with Gasteiger partial charge in [-0.15, -0.1) is 8.73 Å². The number of nitrogens with zero attached hydrogens (tertiary/aromatic N) is 2. The quantitative estimate of drug-likeness (QED) is 0.599. The number of halogens is 4. The van der Waals surface area contributed by atoms with Crippen LogP contribution in [0.3, 0.4) is 0 Å². The predicted molar refractivity (Wildman–Crippen MR) is 68.8 cm³/mol. The van der Waals surface area contributed by atoms with Gasteiger partial charge in [0, 0.05) is 10.8 Å². The third-order valence-electron chi connectivity index (χ3n) is 2.29. The van der Waals surface area contributed by atoms with Crippen LogP contribution in [0.2, 0.25) is 0 Å². The van der Waals surface area contributed by atoms with E-state index in [1.807, 2.05) is 0 Å². The highest BCUT2D eigenvalue weighted by Gasteiger charge is 2.10. The maximum Gasteiger partial charge on any atom is 0.371 e. The number of rotatable bonds is 2. The van der Waals surface area contributed by atoms with E-state index in [-0.39, 0.29) is 22.1 Å². The first-order chi connectivity index (χ1) is 9.16. The summed E-state index contributed by atoms with van der Waals surface area (Å²) >= 11 is 0. The van der Waals surface area contributed by atoms with Gasteiger partial charge in [-0.3, -0.25) is 0 Å². The molecule has 0 unspecified atom stereocenters. The lowest BCUT2D eigenvalue weighted by Gasteiger charge is -2.03. The molecule has 0 aliphatic heterocycles. The SMILES string of the molecule is O=S(F)(F)=Nc1cccc2c(N=S(=O)(F)F)cccc12. The summed E-state index contributed by atoms with van der Waals surface area (Å²) in [6, 6.07) is 7.51. The van der Waals surface area contributed by atoms with E-state index >= 15 is 0 Å². The van der Waals surface area contributed by atoms with Crippen molar-refractivity contribution in [3.63, 3.8) is 0 Å². The Morgan fingerprint density at radius 1 is 0.700 bits per heavy atom. The van der Waals surface area contributed by atoms with Gasteiger partial charge in [-0.1, -0.05) is 39.8 Å². The number of hydrogen-bond donors (Lipinski definition) is 0. The first-order valence-corrected chi connectivity index (χ1v) is 7.63. The van der Waals surface area contributed by atoms with E-state index in [1.54, 1.807) is 0 Å². The van der Waals surface area contributed by atoms with E-state index in [4.69, 9.17) is 0 Å². The fourth-order valence-corrected chi connectivity index (χ4v) is 2.44. The summed E-state index contributed by atoms with van der Waals surface area (Å²) in [5.41, 5.74) is -0.641. The first kappa shape index (κ1) is 14.7. The Labute approximate surface area is 113 Å². The zero-order valence-corrected chi connectivity index (χ0v) is 11.1. The molecule has 0 amide bonds. The monoisotopic (exact) mass is 326 g/mol. The number of benzene rings is 2. The number of hydrogen-bond acceptors (Lipinski definition) is 4. The molecule has 0 heterocycles. The second kappa shape index (κ2) is 5.02. The molecule has 0 bridgehead atoms. The molecule has 0 N–H and O–H groups in total. The molecule has 108 valence electrons. The Hall–Kier alpha value is -1.68. The van der Waals surface area contributed by atoms with Crippen LogP contribution >= 0.6 is 0 Å². The minimum absolute atomic E-state index is 0.0559. The first-order valence-electron chi connectivity index (χ1n) is 5.00. The average Bonchev–Trinajstić information content (AvgIpc) is 2.26. The summed E-state index contributed by atoms with van der Waals surface area (Å²) in [5.74, 6) is 0. The topological polar surface area (TPSA) is 58.9 Å². The molecule has 0 saturated carbocycles. The van der Waals surface area contributed by atoms with Crippen molar-refractivity contribution in [3.8, 4) is 0 Å². The van der Waals surface area contributed by atoms with Crippen LogP contribution < -0.4 is 0 Å². The van der Waals surface area contributed by atoms with E-state index in [0.717, 1.165) is 12.1 Å². The molecule has 2 aromatic carbocycles. The minimum atomic E-state index is -5.38. The summed E-state index contributed by atoms with van der Waals surface area (Å²) < 4.78 is 76.3. The van der Waals surface area contributed by atoms with Crippen molar-refractivity contribution in [2.45, 2.75) is 0 Å². The van der Waals surface area contributed by atoms with Crippen LogP contribution in [0.5, 0.6) is 0 Å². The van der Waals surface area contributed by atoms with Crippen LogP contribution in [0.4, 0.5) is 26.9 Å². The van der Waals surface area contributed by atoms with E-state index in [2.05, 4.69) is 8.73 Å². The maximum absolute atomic E-state index is 12.5. The van der Waals surface area contributed by atoms with Gasteiger partial charge in [-0.05, 0) is 12.1 Å². The highest BCUT2D eigenvalue weighted by molar-refractivity contribution is 7.83. The molecule has 2 aromatic rings. The third-order valence-corrected chi connectivity index (χ3v) is 3.10. The van der Waals surface area contributed by atoms with Crippen molar-refractivity contribution in [1.29, 1.82) is 0 Å². The van der Waals surface area contributed by atoms with Crippen molar-refractivity contribution in [2.75, 3.05) is 0 Å². The van der Waals surface area contributed by atoms with Crippen molar-refractivity contribution in [2.24, 2.45) is 8.73 Å². The average molecular weight is 326 g/mol. The van der Waals surface area contributed by atoms with Crippen molar-refractivity contribution < 1.29 is 24.0 Å². The molecular weight excluding hydrogens is 320 g/mol. The van der Waals surface area contributed by atoms with Gasteiger partial charge in [0.1, 0.15) is 0 Å². The molecule has 20 heavy (non-hydrogen) atoms. The second-order valence-corrected chi connectivity index (χ2v) is 5.58. The van der Waals surface area contributed by atoms with Crippen molar-refractivity contribution in [3.05, 3.63) is 36.4 Å². The van der Waals surface area contributed by atoms with Crippen molar-refractivity contribution >= 4 is 43.1 Å². The van der Waals surface area contributed by atoms with Crippen LogP contribution in [-0.2, 0) is 21.0 Å².